The van der Waals surface area contributed by atoms with Crippen molar-refractivity contribution in [2.75, 3.05) is 31.2 Å². The Morgan fingerprint density at radius 2 is 2.04 bits per heavy atom. The first-order valence-electron chi connectivity index (χ1n) is 10.2. The summed E-state index contributed by atoms with van der Waals surface area (Å²) in [6, 6.07) is 2.03. The van der Waals surface area contributed by atoms with Gasteiger partial charge in [-0.25, -0.2) is 4.98 Å². The van der Waals surface area contributed by atoms with Gasteiger partial charge < -0.3 is 14.2 Å². The zero-order chi connectivity index (χ0) is 18.6. The number of hydrogen-bond acceptors (Lipinski definition) is 5. The van der Waals surface area contributed by atoms with Gasteiger partial charge in [0.25, 0.3) is 0 Å². The van der Waals surface area contributed by atoms with Crippen LogP contribution in [0.4, 0.5) is 5.13 Å². The number of carbonyl (C=O) groups excluding carboxylic acids is 1. The van der Waals surface area contributed by atoms with Gasteiger partial charge in [0.05, 0.1) is 17.9 Å². The topological polar surface area (TPSA) is 47.4 Å². The van der Waals surface area contributed by atoms with E-state index in [1.807, 2.05) is 6.07 Å². The number of nitrogens with zero attached hydrogens (tertiary/aromatic N) is 3. The van der Waals surface area contributed by atoms with Crippen molar-refractivity contribution >= 4 is 22.3 Å². The Morgan fingerprint density at radius 1 is 1.26 bits per heavy atom. The van der Waals surface area contributed by atoms with Crippen LogP contribution in [0.2, 0.25) is 0 Å². The third-order valence-corrected chi connectivity index (χ3v) is 6.58. The van der Waals surface area contributed by atoms with E-state index in [2.05, 4.69) is 28.0 Å². The molecule has 0 saturated carbocycles. The van der Waals surface area contributed by atoms with Gasteiger partial charge in [0, 0.05) is 44.3 Å². The molecule has 2 aliphatic heterocycles. The van der Waals surface area contributed by atoms with Gasteiger partial charge in [-0.15, -0.1) is 11.3 Å². The highest BCUT2D eigenvalue weighted by atomic mass is 32.1. The van der Waals surface area contributed by atoms with Gasteiger partial charge in [-0.2, -0.15) is 0 Å². The molecule has 0 aromatic carbocycles. The van der Waals surface area contributed by atoms with Crippen molar-refractivity contribution < 1.29 is 9.53 Å². The molecule has 2 aliphatic rings. The summed E-state index contributed by atoms with van der Waals surface area (Å²) in [7, 11) is 0. The quantitative estimate of drug-likeness (QED) is 0.694. The van der Waals surface area contributed by atoms with E-state index in [0.717, 1.165) is 61.2 Å². The Bertz CT molecular complexity index is 770. The van der Waals surface area contributed by atoms with E-state index in [0.29, 0.717) is 18.9 Å². The highest BCUT2D eigenvalue weighted by Crippen LogP contribution is 2.26. The number of ether oxygens (including phenoxy) is 1. The monoisotopic (exact) mass is 387 g/mol. The number of anilines is 1. The molecule has 0 N–H and O–H groups in total. The molecule has 4 heterocycles. The van der Waals surface area contributed by atoms with E-state index < -0.39 is 0 Å². The first-order valence-corrected chi connectivity index (χ1v) is 11.0. The number of Topliss-reactive ketones (excluding diaryl/α,β-unsaturated/α-hetero) is 1. The molecular formula is C21H29N3O2S. The normalized spacial score (nSPS) is 18.8. The summed E-state index contributed by atoms with van der Waals surface area (Å²) in [6.07, 6.45) is 8.55. The standard InChI is InChI=1S/C21H29N3O2S/c1-16-11-19(20(25)12-17-5-9-26-10-6-17)24(13-16)14-18-15-27-21(22-18)23-7-3-2-4-8-23/h11,13,15,17H,2-10,12,14H2,1H3. The number of thiazole rings is 1. The maximum Gasteiger partial charge on any atom is 0.185 e. The van der Waals surface area contributed by atoms with Gasteiger partial charge in [0.2, 0.25) is 0 Å². The molecule has 0 amide bonds. The average molecular weight is 388 g/mol. The Kier molecular flexibility index (Phi) is 5.93. The highest BCUT2D eigenvalue weighted by molar-refractivity contribution is 7.13. The molecule has 2 saturated heterocycles. The van der Waals surface area contributed by atoms with Crippen molar-refractivity contribution in [2.24, 2.45) is 5.92 Å². The van der Waals surface area contributed by atoms with Gasteiger partial charge in [-0.3, -0.25) is 4.79 Å². The van der Waals surface area contributed by atoms with E-state index in [-0.39, 0.29) is 5.78 Å². The molecule has 5 nitrogen and oxygen atoms in total. The van der Waals surface area contributed by atoms with Crippen LogP contribution in [0.1, 0.15) is 60.3 Å². The first kappa shape index (κ1) is 18.7. The minimum Gasteiger partial charge on any atom is -0.381 e. The SMILES string of the molecule is Cc1cc(C(=O)CC2CCOCC2)n(Cc2csc(N3CCCCC3)n2)c1. The van der Waals surface area contributed by atoms with Crippen molar-refractivity contribution in [3.8, 4) is 0 Å². The molecule has 27 heavy (non-hydrogen) atoms. The van der Waals surface area contributed by atoms with Gasteiger partial charge >= 0.3 is 0 Å². The van der Waals surface area contributed by atoms with Crippen molar-refractivity contribution in [2.45, 2.75) is 52.0 Å². The predicted molar refractivity (Wildman–Crippen MR) is 109 cm³/mol. The van der Waals surface area contributed by atoms with Crippen LogP contribution in [0, 0.1) is 12.8 Å². The Morgan fingerprint density at radius 3 is 2.81 bits per heavy atom. The molecule has 4 rings (SSSR count). The molecule has 2 aromatic heterocycles. The molecule has 0 aliphatic carbocycles. The summed E-state index contributed by atoms with van der Waals surface area (Å²) in [6.45, 7) is 6.54. The fourth-order valence-corrected chi connectivity index (χ4v) is 4.98. The second kappa shape index (κ2) is 8.57. The number of piperidine rings is 1. The van der Waals surface area contributed by atoms with Gasteiger partial charge in [0.15, 0.2) is 10.9 Å². The lowest BCUT2D eigenvalue weighted by Gasteiger charge is -2.25. The Hall–Kier alpha value is -1.66. The van der Waals surface area contributed by atoms with Crippen molar-refractivity contribution in [1.29, 1.82) is 0 Å². The number of hydrogen-bond donors (Lipinski definition) is 0. The van der Waals surface area contributed by atoms with Crippen molar-refractivity contribution in [3.63, 3.8) is 0 Å². The molecule has 2 fully saturated rings. The number of ketones is 1. The van der Waals surface area contributed by atoms with Gasteiger partial charge in [-0.1, -0.05) is 0 Å². The summed E-state index contributed by atoms with van der Waals surface area (Å²) in [5.74, 6) is 0.710. The lowest BCUT2D eigenvalue weighted by molar-refractivity contribution is 0.0598. The lowest BCUT2D eigenvalue weighted by atomic mass is 9.93. The Labute approximate surface area is 165 Å². The van der Waals surface area contributed by atoms with Gasteiger partial charge in [-0.05, 0) is 56.6 Å². The van der Waals surface area contributed by atoms with Crippen LogP contribution in [-0.4, -0.2) is 41.6 Å². The first-order chi connectivity index (χ1) is 13.2. The molecular weight excluding hydrogens is 358 g/mol. The minimum absolute atomic E-state index is 0.251. The van der Waals surface area contributed by atoms with Gasteiger partial charge in [0.1, 0.15) is 0 Å². The highest BCUT2D eigenvalue weighted by Gasteiger charge is 2.21. The summed E-state index contributed by atoms with van der Waals surface area (Å²) in [5, 5.41) is 3.27. The van der Waals surface area contributed by atoms with Crippen LogP contribution in [-0.2, 0) is 11.3 Å². The Balaban J connectivity index is 1.44. The molecule has 2 aromatic rings. The van der Waals surface area contributed by atoms with Crippen LogP contribution in [0.5, 0.6) is 0 Å². The largest absolute Gasteiger partial charge is 0.381 e. The smallest absolute Gasteiger partial charge is 0.185 e. The second-order valence-corrected chi connectivity index (χ2v) is 8.72. The van der Waals surface area contributed by atoms with Crippen molar-refractivity contribution in [1.82, 2.24) is 9.55 Å². The summed E-state index contributed by atoms with van der Waals surface area (Å²) >= 11 is 1.73. The number of carbonyl (C=O) groups is 1. The fourth-order valence-electron chi connectivity index (χ4n) is 4.11. The predicted octanol–water partition coefficient (Wildman–Crippen LogP) is 4.29. The molecule has 146 valence electrons. The molecule has 0 radical (unpaired) electrons. The molecule has 0 bridgehead atoms. The van der Waals surface area contributed by atoms with Crippen LogP contribution in [0.25, 0.3) is 0 Å². The third kappa shape index (κ3) is 4.61. The molecule has 6 heteroatoms. The summed E-state index contributed by atoms with van der Waals surface area (Å²) in [4.78, 5) is 20.2. The van der Waals surface area contributed by atoms with Crippen molar-refractivity contribution in [3.05, 3.63) is 34.6 Å². The zero-order valence-corrected chi connectivity index (χ0v) is 17.0. The maximum absolute atomic E-state index is 12.9. The van der Waals surface area contributed by atoms with Crippen LogP contribution in [0.15, 0.2) is 17.6 Å². The average Bonchev–Trinajstić information content (AvgIpc) is 3.30. The number of aryl methyl sites for hydroxylation is 1. The zero-order valence-electron chi connectivity index (χ0n) is 16.2. The van der Waals surface area contributed by atoms with E-state index in [4.69, 9.17) is 9.72 Å². The van der Waals surface area contributed by atoms with E-state index >= 15 is 0 Å². The lowest BCUT2D eigenvalue weighted by Crippen LogP contribution is -2.29. The summed E-state index contributed by atoms with van der Waals surface area (Å²) in [5.41, 5.74) is 3.01. The van der Waals surface area contributed by atoms with Crippen LogP contribution < -0.4 is 4.90 Å². The van der Waals surface area contributed by atoms with E-state index in [9.17, 15) is 4.79 Å². The third-order valence-electron chi connectivity index (χ3n) is 5.63. The number of rotatable bonds is 6. The second-order valence-electron chi connectivity index (χ2n) is 7.88. The summed E-state index contributed by atoms with van der Waals surface area (Å²) < 4.78 is 7.51. The minimum atomic E-state index is 0.251. The fraction of sp³-hybridized carbons (Fsp3) is 0.619. The molecule has 0 unspecified atom stereocenters. The maximum atomic E-state index is 12.9. The molecule has 0 atom stereocenters. The number of aromatic nitrogens is 2. The molecule has 0 spiro atoms. The van der Waals surface area contributed by atoms with Crippen LogP contribution >= 0.6 is 11.3 Å². The van der Waals surface area contributed by atoms with E-state index in [1.54, 1.807) is 11.3 Å². The van der Waals surface area contributed by atoms with E-state index in [1.165, 1.54) is 19.3 Å². The van der Waals surface area contributed by atoms with Crippen LogP contribution in [0.3, 0.4) is 0 Å².